The van der Waals surface area contributed by atoms with Crippen molar-refractivity contribution in [2.75, 3.05) is 6.54 Å². The van der Waals surface area contributed by atoms with Crippen LogP contribution in [0.25, 0.3) is 0 Å². The summed E-state index contributed by atoms with van der Waals surface area (Å²) in [6, 6.07) is 6.83. The van der Waals surface area contributed by atoms with Crippen molar-refractivity contribution in [2.24, 2.45) is 5.92 Å². The molecule has 1 aromatic carbocycles. The number of rotatable bonds is 3. The molecule has 1 aliphatic carbocycles. The van der Waals surface area contributed by atoms with Gasteiger partial charge in [0.2, 0.25) is 5.91 Å². The van der Waals surface area contributed by atoms with Gasteiger partial charge in [0.05, 0.1) is 11.1 Å². The second-order valence-corrected chi connectivity index (χ2v) is 6.18. The predicted octanol–water partition coefficient (Wildman–Crippen LogP) is 1.98. The van der Waals surface area contributed by atoms with Gasteiger partial charge in [0.15, 0.2) is 0 Å². The Hall–Kier alpha value is -2.17. The van der Waals surface area contributed by atoms with E-state index in [9.17, 15) is 14.4 Å². The molecule has 0 radical (unpaired) electrons. The molecular weight excluding hydrogens is 280 g/mol. The van der Waals surface area contributed by atoms with Crippen LogP contribution in [0.1, 0.15) is 53.3 Å². The Kier molecular flexibility index (Phi) is 3.96. The Morgan fingerprint density at radius 2 is 1.73 bits per heavy atom. The largest absolute Gasteiger partial charge is 0.352 e. The molecule has 1 N–H and O–H groups in total. The third kappa shape index (κ3) is 2.63. The average Bonchev–Trinajstić information content (AvgIpc) is 2.75. The number of nitrogens with one attached hydrogen (secondary N) is 1. The molecule has 1 aliphatic heterocycles. The van der Waals surface area contributed by atoms with Crippen molar-refractivity contribution in [3.8, 4) is 0 Å². The van der Waals surface area contributed by atoms with E-state index in [0.717, 1.165) is 24.2 Å². The number of hydrogen-bond acceptors (Lipinski definition) is 3. The Morgan fingerprint density at radius 3 is 2.32 bits per heavy atom. The van der Waals surface area contributed by atoms with Gasteiger partial charge in [0.25, 0.3) is 11.8 Å². The summed E-state index contributed by atoms with van der Waals surface area (Å²) in [5.41, 5.74) is 0.762. The smallest absolute Gasteiger partial charge is 0.262 e. The van der Waals surface area contributed by atoms with Crippen molar-refractivity contribution < 1.29 is 14.4 Å². The molecule has 116 valence electrons. The quantitative estimate of drug-likeness (QED) is 0.868. The first-order valence-corrected chi connectivity index (χ1v) is 7.82. The summed E-state index contributed by atoms with van der Waals surface area (Å²) in [6.07, 6.45) is 4.39. The Balaban J connectivity index is 1.65. The molecule has 1 heterocycles. The van der Waals surface area contributed by atoms with Crippen LogP contribution < -0.4 is 5.32 Å². The van der Waals surface area contributed by atoms with Crippen LogP contribution in [-0.4, -0.2) is 35.2 Å². The van der Waals surface area contributed by atoms with Gasteiger partial charge in [-0.1, -0.05) is 31.9 Å². The van der Waals surface area contributed by atoms with Gasteiger partial charge in [-0.15, -0.1) is 0 Å². The summed E-state index contributed by atoms with van der Waals surface area (Å²) in [7, 11) is 0. The molecule has 0 aromatic heterocycles. The molecule has 2 atom stereocenters. The zero-order valence-electron chi connectivity index (χ0n) is 12.7. The van der Waals surface area contributed by atoms with Crippen LogP contribution in [0.2, 0.25) is 0 Å². The van der Waals surface area contributed by atoms with Crippen molar-refractivity contribution in [1.82, 2.24) is 10.2 Å². The van der Waals surface area contributed by atoms with E-state index in [-0.39, 0.29) is 30.3 Å². The fraction of sp³-hybridized carbons (Fsp3) is 0.471. The minimum absolute atomic E-state index is 0.149. The van der Waals surface area contributed by atoms with Crippen molar-refractivity contribution in [3.05, 3.63) is 35.4 Å². The van der Waals surface area contributed by atoms with E-state index < -0.39 is 0 Å². The number of hydrogen-bond donors (Lipinski definition) is 1. The molecule has 1 saturated carbocycles. The van der Waals surface area contributed by atoms with Gasteiger partial charge in [-0.3, -0.25) is 19.3 Å². The standard InChI is InChI=1S/C17H20N2O3/c1-11-6-2-5-9-14(11)18-15(20)10-19-16(21)12-7-3-4-8-13(12)17(19)22/h3-4,7-8,11,14H,2,5-6,9-10H2,1H3,(H,18,20)/t11-,14-/m1/s1. The van der Waals surface area contributed by atoms with Gasteiger partial charge in [-0.2, -0.15) is 0 Å². The van der Waals surface area contributed by atoms with Crippen molar-refractivity contribution in [1.29, 1.82) is 0 Å². The summed E-state index contributed by atoms with van der Waals surface area (Å²) in [5.74, 6) is -0.576. The maximum atomic E-state index is 12.2. The van der Waals surface area contributed by atoms with E-state index in [1.807, 2.05) is 0 Å². The zero-order valence-corrected chi connectivity index (χ0v) is 12.7. The molecule has 2 aliphatic rings. The van der Waals surface area contributed by atoms with Gasteiger partial charge in [0.1, 0.15) is 6.54 Å². The highest BCUT2D eigenvalue weighted by atomic mass is 16.2. The van der Waals surface area contributed by atoms with Crippen LogP contribution in [0.3, 0.4) is 0 Å². The molecule has 0 saturated heterocycles. The molecule has 0 spiro atoms. The van der Waals surface area contributed by atoms with E-state index in [2.05, 4.69) is 12.2 Å². The average molecular weight is 300 g/mol. The van der Waals surface area contributed by atoms with Gasteiger partial charge in [-0.05, 0) is 30.9 Å². The normalized spacial score (nSPS) is 24.3. The van der Waals surface area contributed by atoms with Gasteiger partial charge >= 0.3 is 0 Å². The number of imide groups is 1. The van der Waals surface area contributed by atoms with Crippen molar-refractivity contribution >= 4 is 17.7 Å². The molecule has 5 nitrogen and oxygen atoms in total. The molecule has 3 amide bonds. The van der Waals surface area contributed by atoms with Gasteiger partial charge < -0.3 is 5.32 Å². The van der Waals surface area contributed by atoms with Crippen LogP contribution in [-0.2, 0) is 4.79 Å². The fourth-order valence-electron chi connectivity index (χ4n) is 3.31. The lowest BCUT2D eigenvalue weighted by atomic mass is 9.86. The molecule has 1 aromatic rings. The number of nitrogens with zero attached hydrogens (tertiary/aromatic N) is 1. The summed E-state index contributed by atoms with van der Waals surface area (Å²) in [4.78, 5) is 37.7. The van der Waals surface area contributed by atoms with Crippen LogP contribution in [0.5, 0.6) is 0 Å². The van der Waals surface area contributed by atoms with Crippen molar-refractivity contribution in [3.63, 3.8) is 0 Å². The molecule has 22 heavy (non-hydrogen) atoms. The van der Waals surface area contributed by atoms with Gasteiger partial charge in [-0.25, -0.2) is 0 Å². The van der Waals surface area contributed by atoms with Crippen LogP contribution in [0.15, 0.2) is 24.3 Å². The zero-order chi connectivity index (χ0) is 15.7. The lowest BCUT2D eigenvalue weighted by Gasteiger charge is -2.30. The lowest BCUT2D eigenvalue weighted by Crippen LogP contribution is -2.46. The number of fused-ring (bicyclic) bond motifs is 1. The molecule has 1 fully saturated rings. The lowest BCUT2D eigenvalue weighted by molar-refractivity contribution is -0.122. The maximum absolute atomic E-state index is 12.2. The number of carbonyl (C=O) groups excluding carboxylic acids is 3. The van der Waals surface area contributed by atoms with Crippen LogP contribution in [0.4, 0.5) is 0 Å². The van der Waals surface area contributed by atoms with Crippen LogP contribution >= 0.6 is 0 Å². The van der Waals surface area contributed by atoms with Crippen LogP contribution in [0, 0.1) is 5.92 Å². The van der Waals surface area contributed by atoms with E-state index in [4.69, 9.17) is 0 Å². The third-order valence-corrected chi connectivity index (χ3v) is 4.64. The molecule has 0 bridgehead atoms. The molecule has 3 rings (SSSR count). The highest BCUT2D eigenvalue weighted by Crippen LogP contribution is 2.24. The first-order chi connectivity index (χ1) is 10.6. The van der Waals surface area contributed by atoms with E-state index >= 15 is 0 Å². The molecule has 0 unspecified atom stereocenters. The van der Waals surface area contributed by atoms with E-state index in [0.29, 0.717) is 17.0 Å². The third-order valence-electron chi connectivity index (χ3n) is 4.64. The second kappa shape index (κ2) is 5.91. The minimum atomic E-state index is -0.382. The first kappa shape index (κ1) is 14.8. The summed E-state index contributed by atoms with van der Waals surface area (Å²) < 4.78 is 0. The van der Waals surface area contributed by atoms with E-state index in [1.165, 1.54) is 6.42 Å². The second-order valence-electron chi connectivity index (χ2n) is 6.18. The Morgan fingerprint density at radius 1 is 1.14 bits per heavy atom. The van der Waals surface area contributed by atoms with Crippen molar-refractivity contribution in [2.45, 2.75) is 38.6 Å². The Bertz CT molecular complexity index is 591. The first-order valence-electron chi connectivity index (χ1n) is 7.82. The van der Waals surface area contributed by atoms with E-state index in [1.54, 1.807) is 24.3 Å². The summed E-state index contributed by atoms with van der Waals surface area (Å²) in [6.45, 7) is 1.93. The number of amides is 3. The SMILES string of the molecule is C[C@@H]1CCCC[C@H]1NC(=O)CN1C(=O)c2ccccc2C1=O. The van der Waals surface area contributed by atoms with Gasteiger partial charge in [0, 0.05) is 6.04 Å². The maximum Gasteiger partial charge on any atom is 0.262 e. The molecule has 5 heteroatoms. The Labute approximate surface area is 129 Å². The summed E-state index contributed by atoms with van der Waals surface area (Å²) >= 11 is 0. The number of benzene rings is 1. The summed E-state index contributed by atoms with van der Waals surface area (Å²) in [5, 5.41) is 2.98. The molecular formula is C17H20N2O3. The topological polar surface area (TPSA) is 66.5 Å². The predicted molar refractivity (Wildman–Crippen MR) is 81.4 cm³/mol. The highest BCUT2D eigenvalue weighted by Gasteiger charge is 2.36. The monoisotopic (exact) mass is 300 g/mol. The highest BCUT2D eigenvalue weighted by molar-refractivity contribution is 6.22. The number of carbonyl (C=O) groups is 3. The minimum Gasteiger partial charge on any atom is -0.352 e. The fourth-order valence-corrected chi connectivity index (χ4v) is 3.31.